The molecule has 0 aromatic heterocycles. The number of ether oxygens (including phenoxy) is 2. The molecule has 1 heterocycles. The first kappa shape index (κ1) is 10.4. The number of nitrogens with zero attached hydrogens (tertiary/aromatic N) is 1. The molecular weight excluding hydrogens is 174 g/mol. The van der Waals surface area contributed by atoms with Crippen LogP contribution in [0.1, 0.15) is 0 Å². The van der Waals surface area contributed by atoms with Gasteiger partial charge in [-0.05, 0) is 0 Å². The number of amides is 1. The summed E-state index contributed by atoms with van der Waals surface area (Å²) in [5, 5.41) is 8.92. The third kappa shape index (κ3) is 3.30. The van der Waals surface area contributed by atoms with Gasteiger partial charge in [-0.3, -0.25) is 4.79 Å². The van der Waals surface area contributed by atoms with Crippen LogP contribution in [-0.2, 0) is 14.3 Å². The Kier molecular flexibility index (Phi) is 4.14. The van der Waals surface area contributed by atoms with Crippen LogP contribution in [0.4, 0.5) is 0 Å². The Morgan fingerprint density at radius 3 is 2.77 bits per heavy atom. The average molecular weight is 189 g/mol. The van der Waals surface area contributed by atoms with Crippen molar-refractivity contribution in [2.45, 2.75) is 6.10 Å². The zero-order chi connectivity index (χ0) is 9.68. The van der Waals surface area contributed by atoms with Crippen molar-refractivity contribution in [2.24, 2.45) is 0 Å². The van der Waals surface area contributed by atoms with Crippen LogP contribution in [0.2, 0.25) is 0 Å². The molecule has 1 amide bonds. The molecule has 0 aliphatic carbocycles. The van der Waals surface area contributed by atoms with E-state index in [2.05, 4.69) is 0 Å². The molecule has 5 heteroatoms. The van der Waals surface area contributed by atoms with Crippen LogP contribution in [0.25, 0.3) is 0 Å². The second-order valence-electron chi connectivity index (χ2n) is 3.00. The first-order chi connectivity index (χ1) is 6.24. The Bertz CT molecular complexity index is 168. The van der Waals surface area contributed by atoms with Gasteiger partial charge in [-0.1, -0.05) is 0 Å². The Morgan fingerprint density at radius 1 is 1.54 bits per heavy atom. The quantitative estimate of drug-likeness (QED) is 0.555. The molecule has 1 rings (SSSR count). The number of carbonyl (C=O) groups is 1. The first-order valence-electron chi connectivity index (χ1n) is 4.26. The lowest BCUT2D eigenvalue weighted by atomic mass is 10.2. The van der Waals surface area contributed by atoms with E-state index in [0.29, 0.717) is 26.3 Å². The summed E-state index contributed by atoms with van der Waals surface area (Å²) >= 11 is 0. The van der Waals surface area contributed by atoms with Crippen LogP contribution in [0, 0.1) is 0 Å². The highest BCUT2D eigenvalue weighted by Gasteiger charge is 2.28. The van der Waals surface area contributed by atoms with Crippen LogP contribution >= 0.6 is 0 Å². The summed E-state index contributed by atoms with van der Waals surface area (Å²) in [6.07, 6.45) is -0.345. The lowest BCUT2D eigenvalue weighted by Gasteiger charge is -2.35. The number of rotatable bonds is 5. The van der Waals surface area contributed by atoms with Gasteiger partial charge < -0.3 is 19.5 Å². The molecule has 0 radical (unpaired) electrons. The summed E-state index contributed by atoms with van der Waals surface area (Å²) in [5.74, 6) is -0.0681. The largest absolute Gasteiger partial charge is 0.389 e. The van der Waals surface area contributed by atoms with Crippen molar-refractivity contribution >= 4 is 5.91 Å². The van der Waals surface area contributed by atoms with Crippen molar-refractivity contribution in [3.63, 3.8) is 0 Å². The standard InChI is InChI=1S/C8H15NO4/c1-12-2-3-13-6-8(11)9-4-7(10)5-9/h7,10H,2-6H2,1H3. The fourth-order valence-corrected chi connectivity index (χ4v) is 1.05. The van der Waals surface area contributed by atoms with E-state index in [1.165, 1.54) is 0 Å². The van der Waals surface area contributed by atoms with Gasteiger partial charge in [-0.2, -0.15) is 0 Å². The molecule has 1 fully saturated rings. The van der Waals surface area contributed by atoms with E-state index in [1.54, 1.807) is 12.0 Å². The molecule has 1 N–H and O–H groups in total. The molecule has 0 spiro atoms. The highest BCUT2D eigenvalue weighted by Crippen LogP contribution is 2.06. The first-order valence-corrected chi connectivity index (χ1v) is 4.26. The molecule has 1 aliphatic rings. The van der Waals surface area contributed by atoms with Gasteiger partial charge in [-0.25, -0.2) is 0 Å². The third-order valence-electron chi connectivity index (χ3n) is 1.87. The number of likely N-dealkylation sites (tertiary alicyclic amines) is 1. The summed E-state index contributed by atoms with van der Waals surface area (Å²) in [5.41, 5.74) is 0. The third-order valence-corrected chi connectivity index (χ3v) is 1.87. The molecule has 1 aliphatic heterocycles. The topological polar surface area (TPSA) is 59.0 Å². The fraction of sp³-hybridized carbons (Fsp3) is 0.875. The zero-order valence-electron chi connectivity index (χ0n) is 7.73. The van der Waals surface area contributed by atoms with Gasteiger partial charge in [0, 0.05) is 20.2 Å². The molecule has 0 unspecified atom stereocenters. The molecule has 1 saturated heterocycles. The molecule has 13 heavy (non-hydrogen) atoms. The minimum Gasteiger partial charge on any atom is -0.389 e. The fourth-order valence-electron chi connectivity index (χ4n) is 1.05. The Hall–Kier alpha value is -0.650. The summed E-state index contributed by atoms with van der Waals surface area (Å²) in [4.78, 5) is 12.7. The molecule has 0 aromatic carbocycles. The van der Waals surface area contributed by atoms with Crippen LogP contribution in [0.5, 0.6) is 0 Å². The summed E-state index contributed by atoms with van der Waals surface area (Å²) in [7, 11) is 1.58. The summed E-state index contributed by atoms with van der Waals surface area (Å²) in [6, 6.07) is 0. The van der Waals surface area contributed by atoms with Crippen LogP contribution in [0.3, 0.4) is 0 Å². The summed E-state index contributed by atoms with van der Waals surface area (Å²) in [6.45, 7) is 1.88. The van der Waals surface area contributed by atoms with E-state index in [0.717, 1.165) is 0 Å². The Labute approximate surface area is 77.2 Å². The Balaban J connectivity index is 1.99. The van der Waals surface area contributed by atoms with E-state index in [4.69, 9.17) is 14.6 Å². The minimum absolute atomic E-state index is 0.0681. The predicted octanol–water partition coefficient (Wildman–Crippen LogP) is -1.15. The molecular formula is C8H15NO4. The van der Waals surface area contributed by atoms with Crippen molar-refractivity contribution in [1.29, 1.82) is 0 Å². The van der Waals surface area contributed by atoms with Gasteiger partial charge in [0.15, 0.2) is 0 Å². The molecule has 5 nitrogen and oxygen atoms in total. The SMILES string of the molecule is COCCOCC(=O)N1CC(O)C1. The Morgan fingerprint density at radius 2 is 2.23 bits per heavy atom. The highest BCUT2D eigenvalue weighted by molar-refractivity contribution is 5.78. The van der Waals surface area contributed by atoms with Crippen LogP contribution in [-0.4, -0.2) is 62.0 Å². The number of β-amino-alcohol motifs (C(OH)–C–C–N with tert-alkyl or cyclic N) is 1. The van der Waals surface area contributed by atoms with Gasteiger partial charge in [0.25, 0.3) is 0 Å². The summed E-state index contributed by atoms with van der Waals surface area (Å²) < 4.78 is 9.78. The monoisotopic (exact) mass is 189 g/mol. The number of methoxy groups -OCH3 is 1. The number of hydrogen-bond donors (Lipinski definition) is 1. The maximum atomic E-state index is 11.2. The lowest BCUT2D eigenvalue weighted by Crippen LogP contribution is -2.54. The van der Waals surface area contributed by atoms with E-state index in [-0.39, 0.29) is 18.6 Å². The van der Waals surface area contributed by atoms with E-state index < -0.39 is 0 Å². The van der Waals surface area contributed by atoms with Gasteiger partial charge in [0.05, 0.1) is 19.3 Å². The van der Waals surface area contributed by atoms with Gasteiger partial charge in [0.1, 0.15) is 6.61 Å². The van der Waals surface area contributed by atoms with Gasteiger partial charge in [-0.15, -0.1) is 0 Å². The van der Waals surface area contributed by atoms with Gasteiger partial charge >= 0.3 is 0 Å². The highest BCUT2D eigenvalue weighted by atomic mass is 16.5. The van der Waals surface area contributed by atoms with Crippen molar-refractivity contribution in [3.8, 4) is 0 Å². The van der Waals surface area contributed by atoms with Crippen LogP contribution < -0.4 is 0 Å². The van der Waals surface area contributed by atoms with Crippen molar-refractivity contribution in [1.82, 2.24) is 4.90 Å². The van der Waals surface area contributed by atoms with Gasteiger partial charge in [0.2, 0.25) is 5.91 Å². The lowest BCUT2D eigenvalue weighted by molar-refractivity contribution is -0.146. The minimum atomic E-state index is -0.345. The smallest absolute Gasteiger partial charge is 0.248 e. The maximum Gasteiger partial charge on any atom is 0.248 e. The van der Waals surface area contributed by atoms with Crippen molar-refractivity contribution < 1.29 is 19.4 Å². The molecule has 0 bridgehead atoms. The number of aliphatic hydroxyl groups excluding tert-OH is 1. The molecule has 0 saturated carbocycles. The second-order valence-corrected chi connectivity index (χ2v) is 3.00. The van der Waals surface area contributed by atoms with Crippen molar-refractivity contribution in [3.05, 3.63) is 0 Å². The van der Waals surface area contributed by atoms with E-state index in [9.17, 15) is 4.79 Å². The normalized spacial score (nSPS) is 17.2. The van der Waals surface area contributed by atoms with E-state index in [1.807, 2.05) is 0 Å². The number of hydrogen-bond acceptors (Lipinski definition) is 4. The molecule has 0 atom stereocenters. The van der Waals surface area contributed by atoms with Crippen molar-refractivity contribution in [2.75, 3.05) is 40.0 Å². The number of carbonyl (C=O) groups excluding carboxylic acids is 1. The average Bonchev–Trinajstić information content (AvgIpc) is 2.07. The maximum absolute atomic E-state index is 11.2. The van der Waals surface area contributed by atoms with Crippen LogP contribution in [0.15, 0.2) is 0 Å². The predicted molar refractivity (Wildman–Crippen MR) is 45.3 cm³/mol. The zero-order valence-corrected chi connectivity index (χ0v) is 7.73. The van der Waals surface area contributed by atoms with E-state index >= 15 is 0 Å². The molecule has 0 aromatic rings. The number of aliphatic hydroxyl groups is 1. The molecule has 76 valence electrons. The second kappa shape index (κ2) is 5.16.